The van der Waals surface area contributed by atoms with E-state index in [-0.39, 0.29) is 5.69 Å². The van der Waals surface area contributed by atoms with Gasteiger partial charge in [0.25, 0.3) is 11.6 Å². The minimum atomic E-state index is -5.12. The van der Waals surface area contributed by atoms with Gasteiger partial charge in [0.15, 0.2) is 0 Å². The maximum Gasteiger partial charge on any atom is 0.423 e. The van der Waals surface area contributed by atoms with E-state index in [4.69, 9.17) is 0 Å². The first-order chi connectivity index (χ1) is 14.6. The normalized spacial score (nSPS) is 16.6. The molecule has 0 aliphatic carbocycles. The monoisotopic (exact) mass is 461 g/mol. The number of nitrogens with zero attached hydrogens (tertiary/aromatic N) is 3. The van der Waals surface area contributed by atoms with Gasteiger partial charge in [0.05, 0.1) is 16.2 Å². The lowest BCUT2D eigenvalue weighted by atomic mass is 10.0. The van der Waals surface area contributed by atoms with Crippen molar-refractivity contribution in [2.24, 2.45) is 0 Å². The minimum absolute atomic E-state index is 0.221. The highest BCUT2D eigenvalue weighted by Gasteiger charge is 2.53. The van der Waals surface area contributed by atoms with E-state index in [9.17, 15) is 46.0 Å². The van der Waals surface area contributed by atoms with Crippen LogP contribution in [-0.4, -0.2) is 22.4 Å². The molecule has 0 atom stereocenters. The summed E-state index contributed by atoms with van der Waals surface area (Å²) < 4.78 is 78.4. The summed E-state index contributed by atoms with van der Waals surface area (Å²) in [7, 11) is 0. The van der Waals surface area contributed by atoms with Crippen molar-refractivity contribution in [3.63, 3.8) is 0 Å². The number of carbonyl (C=O) groups is 2. The molecule has 0 bridgehead atoms. The van der Waals surface area contributed by atoms with Crippen LogP contribution in [0.15, 0.2) is 42.5 Å². The Morgan fingerprint density at radius 1 is 0.875 bits per heavy atom. The maximum absolute atomic E-state index is 13.3. The SMILES string of the molecule is CC1(C)C(=O)N(c2ccc(C(F)(F)F)cc2)C(=O)N1c1ccc([N+](=O)[O-])c(C(F)(F)F)c1. The predicted molar refractivity (Wildman–Crippen MR) is 99.0 cm³/mol. The van der Waals surface area contributed by atoms with Crippen molar-refractivity contribution in [1.29, 1.82) is 0 Å². The molecule has 1 aliphatic heterocycles. The molecule has 0 spiro atoms. The highest BCUT2D eigenvalue weighted by atomic mass is 19.4. The van der Waals surface area contributed by atoms with Gasteiger partial charge >= 0.3 is 18.4 Å². The van der Waals surface area contributed by atoms with Gasteiger partial charge in [-0.2, -0.15) is 26.3 Å². The predicted octanol–water partition coefficient (Wildman–Crippen LogP) is 5.38. The Bertz CT molecular complexity index is 1110. The van der Waals surface area contributed by atoms with Gasteiger partial charge in [-0.05, 0) is 50.2 Å². The summed E-state index contributed by atoms with van der Waals surface area (Å²) in [5.74, 6) is -0.908. The third-order valence-electron chi connectivity index (χ3n) is 4.86. The molecule has 2 aromatic carbocycles. The fraction of sp³-hybridized carbons (Fsp3) is 0.263. The summed E-state index contributed by atoms with van der Waals surface area (Å²) >= 11 is 0. The topological polar surface area (TPSA) is 83.8 Å². The van der Waals surface area contributed by atoms with Crippen LogP contribution in [0.3, 0.4) is 0 Å². The van der Waals surface area contributed by atoms with Gasteiger partial charge in [0, 0.05) is 11.8 Å². The molecule has 0 aromatic heterocycles. The Morgan fingerprint density at radius 3 is 1.88 bits per heavy atom. The number of imide groups is 1. The number of carbonyl (C=O) groups excluding carboxylic acids is 2. The summed E-state index contributed by atoms with van der Waals surface area (Å²) in [5, 5.41) is 11.0. The van der Waals surface area contributed by atoms with Gasteiger partial charge in [-0.15, -0.1) is 0 Å². The van der Waals surface area contributed by atoms with Gasteiger partial charge < -0.3 is 0 Å². The van der Waals surface area contributed by atoms with Crippen LogP contribution in [0.1, 0.15) is 25.0 Å². The van der Waals surface area contributed by atoms with E-state index in [1.807, 2.05) is 0 Å². The molecular weight excluding hydrogens is 448 g/mol. The number of halogens is 6. The van der Waals surface area contributed by atoms with Crippen molar-refractivity contribution in [2.75, 3.05) is 9.80 Å². The standard InChI is InChI=1S/C19H13F6N3O4/c1-17(2)15(29)26(11-5-3-10(4-6-11)18(20,21)22)16(30)27(17)12-7-8-14(28(31)32)13(9-12)19(23,24)25/h3-9H,1-2H3. The number of alkyl halides is 6. The van der Waals surface area contributed by atoms with Crippen LogP contribution in [-0.2, 0) is 17.1 Å². The number of rotatable bonds is 3. The average molecular weight is 461 g/mol. The molecular formula is C19H13F6N3O4. The van der Waals surface area contributed by atoms with Crippen molar-refractivity contribution in [1.82, 2.24) is 0 Å². The zero-order valence-corrected chi connectivity index (χ0v) is 16.3. The number of amides is 3. The molecule has 170 valence electrons. The fourth-order valence-electron chi connectivity index (χ4n) is 3.30. The van der Waals surface area contributed by atoms with E-state index in [1.54, 1.807) is 0 Å². The van der Waals surface area contributed by atoms with Gasteiger partial charge in [-0.3, -0.25) is 19.8 Å². The Labute approximate surface area is 176 Å². The van der Waals surface area contributed by atoms with Crippen molar-refractivity contribution in [3.8, 4) is 0 Å². The molecule has 7 nitrogen and oxygen atoms in total. The average Bonchev–Trinajstić information content (AvgIpc) is 2.84. The van der Waals surface area contributed by atoms with Gasteiger partial charge in [-0.1, -0.05) is 0 Å². The molecule has 0 N–H and O–H groups in total. The Kier molecular flexibility index (Phi) is 5.19. The second kappa shape index (κ2) is 7.21. The first kappa shape index (κ1) is 23.0. The number of hydrogen-bond acceptors (Lipinski definition) is 4. The summed E-state index contributed by atoms with van der Waals surface area (Å²) in [6, 6.07) is 3.77. The molecule has 1 saturated heterocycles. The summed E-state index contributed by atoms with van der Waals surface area (Å²) in [6.07, 6.45) is -9.78. The van der Waals surface area contributed by atoms with Crippen LogP contribution in [0.5, 0.6) is 0 Å². The Morgan fingerprint density at radius 2 is 1.41 bits per heavy atom. The number of benzene rings is 2. The molecule has 0 radical (unpaired) electrons. The molecule has 3 rings (SSSR count). The van der Waals surface area contributed by atoms with Crippen LogP contribution in [0.25, 0.3) is 0 Å². The molecule has 0 unspecified atom stereocenters. The summed E-state index contributed by atoms with van der Waals surface area (Å²) in [5.41, 5.74) is -6.29. The van der Waals surface area contributed by atoms with Gasteiger partial charge in [-0.25, -0.2) is 9.69 Å². The second-order valence-corrected chi connectivity index (χ2v) is 7.32. The molecule has 2 aromatic rings. The van der Waals surface area contributed by atoms with Crippen LogP contribution >= 0.6 is 0 Å². The third-order valence-corrected chi connectivity index (χ3v) is 4.86. The summed E-state index contributed by atoms with van der Waals surface area (Å²) in [4.78, 5) is 36.8. The van der Waals surface area contributed by atoms with Crippen molar-refractivity contribution >= 4 is 29.0 Å². The minimum Gasteiger partial charge on any atom is -0.279 e. The van der Waals surface area contributed by atoms with E-state index in [2.05, 4.69) is 0 Å². The number of hydrogen-bond donors (Lipinski definition) is 0. The highest BCUT2D eigenvalue weighted by molar-refractivity contribution is 6.30. The smallest absolute Gasteiger partial charge is 0.279 e. The molecule has 13 heteroatoms. The lowest BCUT2D eigenvalue weighted by Gasteiger charge is -2.28. The molecule has 32 heavy (non-hydrogen) atoms. The summed E-state index contributed by atoms with van der Waals surface area (Å²) in [6.45, 7) is 2.46. The van der Waals surface area contributed by atoms with E-state index in [0.717, 1.165) is 18.2 Å². The van der Waals surface area contributed by atoms with Crippen LogP contribution in [0.2, 0.25) is 0 Å². The lowest BCUT2D eigenvalue weighted by Crippen LogP contribution is -2.44. The Hall–Kier alpha value is -3.64. The second-order valence-electron chi connectivity index (χ2n) is 7.32. The zero-order chi connectivity index (χ0) is 24.2. The molecule has 1 heterocycles. The van der Waals surface area contributed by atoms with Gasteiger partial charge in [0.2, 0.25) is 0 Å². The first-order valence-corrected chi connectivity index (χ1v) is 8.78. The van der Waals surface area contributed by atoms with Crippen LogP contribution in [0.4, 0.5) is 48.2 Å². The molecule has 3 amide bonds. The van der Waals surface area contributed by atoms with Crippen LogP contribution < -0.4 is 9.80 Å². The number of urea groups is 1. The lowest BCUT2D eigenvalue weighted by molar-refractivity contribution is -0.388. The van der Waals surface area contributed by atoms with Crippen molar-refractivity contribution in [2.45, 2.75) is 31.7 Å². The zero-order valence-electron chi connectivity index (χ0n) is 16.3. The Balaban J connectivity index is 2.09. The highest BCUT2D eigenvalue weighted by Crippen LogP contribution is 2.42. The van der Waals surface area contributed by atoms with Crippen molar-refractivity contribution in [3.05, 3.63) is 63.7 Å². The van der Waals surface area contributed by atoms with E-state index in [0.29, 0.717) is 34.1 Å². The van der Waals surface area contributed by atoms with E-state index >= 15 is 0 Å². The van der Waals surface area contributed by atoms with E-state index < -0.39 is 57.3 Å². The maximum atomic E-state index is 13.3. The largest absolute Gasteiger partial charge is 0.423 e. The number of nitro groups is 1. The first-order valence-electron chi connectivity index (χ1n) is 8.78. The molecule has 1 aliphatic rings. The molecule has 0 saturated carbocycles. The van der Waals surface area contributed by atoms with Crippen LogP contribution in [0, 0.1) is 10.1 Å². The van der Waals surface area contributed by atoms with E-state index in [1.165, 1.54) is 13.8 Å². The van der Waals surface area contributed by atoms with Gasteiger partial charge in [0.1, 0.15) is 11.1 Å². The third kappa shape index (κ3) is 3.74. The molecule has 1 fully saturated rings. The van der Waals surface area contributed by atoms with Crippen molar-refractivity contribution < 1.29 is 40.9 Å². The fourth-order valence-corrected chi connectivity index (χ4v) is 3.30. The quantitative estimate of drug-likeness (QED) is 0.266. The number of nitro benzene ring substituents is 1. The number of anilines is 2.